The van der Waals surface area contributed by atoms with Crippen molar-refractivity contribution in [1.82, 2.24) is 9.88 Å². The third-order valence-corrected chi connectivity index (χ3v) is 3.68. The average molecular weight is 320 g/mol. The molecule has 1 N–H and O–H groups in total. The lowest BCUT2D eigenvalue weighted by molar-refractivity contribution is 0.0947. The van der Waals surface area contributed by atoms with Crippen LogP contribution in [0.5, 0.6) is 5.75 Å². The lowest BCUT2D eigenvalue weighted by Gasteiger charge is -2.09. The lowest BCUT2D eigenvalue weighted by Crippen LogP contribution is -2.28. The predicted molar refractivity (Wildman–Crippen MR) is 94.8 cm³/mol. The molecule has 122 valence electrons. The molecule has 4 nitrogen and oxygen atoms in total. The van der Waals surface area contributed by atoms with E-state index in [2.05, 4.69) is 5.32 Å². The molecule has 0 unspecified atom stereocenters. The van der Waals surface area contributed by atoms with Crippen molar-refractivity contribution in [2.24, 2.45) is 0 Å². The van der Waals surface area contributed by atoms with Gasteiger partial charge in [-0.3, -0.25) is 4.79 Å². The molecule has 0 fully saturated rings. The van der Waals surface area contributed by atoms with Gasteiger partial charge in [-0.25, -0.2) is 0 Å². The van der Waals surface area contributed by atoms with Gasteiger partial charge in [-0.2, -0.15) is 0 Å². The van der Waals surface area contributed by atoms with Gasteiger partial charge in [0.25, 0.3) is 5.91 Å². The number of benzene rings is 2. The first-order valence-corrected chi connectivity index (χ1v) is 7.93. The molecule has 0 saturated carbocycles. The van der Waals surface area contributed by atoms with E-state index in [1.54, 1.807) is 0 Å². The molecule has 0 bridgehead atoms. The highest BCUT2D eigenvalue weighted by atomic mass is 16.5. The van der Waals surface area contributed by atoms with Gasteiger partial charge in [0.05, 0.1) is 6.54 Å². The van der Waals surface area contributed by atoms with Crippen molar-refractivity contribution in [3.8, 4) is 11.4 Å². The average Bonchev–Trinajstić information content (AvgIpc) is 3.13. The van der Waals surface area contributed by atoms with E-state index in [0.717, 1.165) is 17.0 Å². The van der Waals surface area contributed by atoms with Crippen molar-refractivity contribution in [3.63, 3.8) is 0 Å². The molecule has 0 spiro atoms. The van der Waals surface area contributed by atoms with E-state index in [1.165, 1.54) is 0 Å². The van der Waals surface area contributed by atoms with Crippen molar-refractivity contribution in [1.29, 1.82) is 0 Å². The van der Waals surface area contributed by atoms with Crippen molar-refractivity contribution in [3.05, 3.63) is 84.2 Å². The second-order valence-electron chi connectivity index (χ2n) is 5.56. The van der Waals surface area contributed by atoms with E-state index in [9.17, 15) is 4.79 Å². The summed E-state index contributed by atoms with van der Waals surface area (Å²) in [4.78, 5) is 12.1. The molecule has 0 aliphatic rings. The number of ether oxygens (including phenoxy) is 1. The number of nitrogens with one attached hydrogen (secondary N) is 1. The first kappa shape index (κ1) is 15.9. The molecule has 0 aliphatic carbocycles. The van der Waals surface area contributed by atoms with Crippen molar-refractivity contribution >= 4 is 5.91 Å². The Morgan fingerprint density at radius 1 is 1.04 bits per heavy atom. The SMILES string of the molecule is Cc1cccc(OCCNC(=O)c2ccc(-n3cccc3)cc2)c1. The zero-order valence-electron chi connectivity index (χ0n) is 13.6. The fourth-order valence-corrected chi connectivity index (χ4v) is 2.43. The second-order valence-corrected chi connectivity index (χ2v) is 5.56. The van der Waals surface area contributed by atoms with Crippen LogP contribution in [0.1, 0.15) is 15.9 Å². The number of aromatic nitrogens is 1. The molecule has 4 heteroatoms. The van der Waals surface area contributed by atoms with E-state index in [1.807, 2.05) is 84.5 Å². The van der Waals surface area contributed by atoms with Crippen LogP contribution in [0.3, 0.4) is 0 Å². The highest BCUT2D eigenvalue weighted by molar-refractivity contribution is 5.94. The summed E-state index contributed by atoms with van der Waals surface area (Å²) in [6.07, 6.45) is 3.94. The third-order valence-electron chi connectivity index (χ3n) is 3.68. The molecule has 1 amide bonds. The van der Waals surface area contributed by atoms with Crippen molar-refractivity contribution in [2.75, 3.05) is 13.2 Å². The van der Waals surface area contributed by atoms with Crippen LogP contribution in [0, 0.1) is 6.92 Å². The van der Waals surface area contributed by atoms with Crippen LogP contribution in [-0.2, 0) is 0 Å². The molecule has 0 aliphatic heterocycles. The molecule has 2 aromatic carbocycles. The molecule has 0 atom stereocenters. The molecule has 1 aromatic heterocycles. The lowest BCUT2D eigenvalue weighted by atomic mass is 10.2. The van der Waals surface area contributed by atoms with Crippen LogP contribution < -0.4 is 10.1 Å². The number of aryl methyl sites for hydroxylation is 1. The Balaban J connectivity index is 1.48. The monoisotopic (exact) mass is 320 g/mol. The summed E-state index contributed by atoms with van der Waals surface area (Å²) in [6.45, 7) is 2.93. The summed E-state index contributed by atoms with van der Waals surface area (Å²) in [5.74, 6) is 0.724. The van der Waals surface area contributed by atoms with Crippen LogP contribution >= 0.6 is 0 Å². The molecule has 24 heavy (non-hydrogen) atoms. The van der Waals surface area contributed by atoms with E-state index in [0.29, 0.717) is 18.7 Å². The molecule has 3 aromatic rings. The van der Waals surface area contributed by atoms with Gasteiger partial charge in [-0.1, -0.05) is 12.1 Å². The molecule has 0 radical (unpaired) electrons. The highest BCUT2D eigenvalue weighted by Crippen LogP contribution is 2.12. The minimum absolute atomic E-state index is 0.0955. The number of amides is 1. The summed E-state index contributed by atoms with van der Waals surface area (Å²) in [7, 11) is 0. The first-order valence-electron chi connectivity index (χ1n) is 7.93. The molecular weight excluding hydrogens is 300 g/mol. The number of carbonyl (C=O) groups excluding carboxylic acids is 1. The summed E-state index contributed by atoms with van der Waals surface area (Å²) in [6, 6.07) is 19.3. The minimum atomic E-state index is -0.0955. The normalized spacial score (nSPS) is 10.4. The molecule has 0 saturated heterocycles. The van der Waals surface area contributed by atoms with E-state index >= 15 is 0 Å². The van der Waals surface area contributed by atoms with E-state index in [4.69, 9.17) is 4.74 Å². The summed E-state index contributed by atoms with van der Waals surface area (Å²) in [5, 5.41) is 2.87. The van der Waals surface area contributed by atoms with Crippen LogP contribution in [0.4, 0.5) is 0 Å². The van der Waals surface area contributed by atoms with E-state index < -0.39 is 0 Å². The van der Waals surface area contributed by atoms with Gasteiger partial charge in [0.2, 0.25) is 0 Å². The Bertz CT molecular complexity index is 793. The fraction of sp³-hybridized carbons (Fsp3) is 0.150. The maximum atomic E-state index is 12.1. The number of carbonyl (C=O) groups is 1. The Labute approximate surface area is 141 Å². The number of rotatable bonds is 6. The van der Waals surface area contributed by atoms with Crippen LogP contribution in [-0.4, -0.2) is 23.6 Å². The Hall–Kier alpha value is -3.01. The van der Waals surface area contributed by atoms with Gasteiger partial charge in [0.15, 0.2) is 0 Å². The zero-order chi connectivity index (χ0) is 16.8. The summed E-state index contributed by atoms with van der Waals surface area (Å²) in [5.41, 5.74) is 2.82. The second kappa shape index (κ2) is 7.51. The van der Waals surface area contributed by atoms with Crippen LogP contribution in [0.25, 0.3) is 5.69 Å². The van der Waals surface area contributed by atoms with Crippen molar-refractivity contribution < 1.29 is 9.53 Å². The van der Waals surface area contributed by atoms with Gasteiger partial charge in [-0.05, 0) is 61.0 Å². The molecular formula is C20H20N2O2. The topological polar surface area (TPSA) is 43.3 Å². The quantitative estimate of drug-likeness (QED) is 0.705. The Kier molecular flexibility index (Phi) is 4.96. The van der Waals surface area contributed by atoms with Crippen LogP contribution in [0.2, 0.25) is 0 Å². The summed E-state index contributed by atoms with van der Waals surface area (Å²) >= 11 is 0. The first-order chi connectivity index (χ1) is 11.7. The minimum Gasteiger partial charge on any atom is -0.492 e. The molecule has 3 rings (SSSR count). The fourth-order valence-electron chi connectivity index (χ4n) is 2.43. The largest absolute Gasteiger partial charge is 0.492 e. The maximum Gasteiger partial charge on any atom is 0.251 e. The Morgan fingerprint density at radius 2 is 1.79 bits per heavy atom. The van der Waals surface area contributed by atoms with Gasteiger partial charge < -0.3 is 14.6 Å². The Morgan fingerprint density at radius 3 is 2.50 bits per heavy atom. The van der Waals surface area contributed by atoms with Crippen molar-refractivity contribution in [2.45, 2.75) is 6.92 Å². The highest BCUT2D eigenvalue weighted by Gasteiger charge is 2.05. The van der Waals surface area contributed by atoms with Crippen LogP contribution in [0.15, 0.2) is 73.1 Å². The number of hydrogen-bond acceptors (Lipinski definition) is 2. The predicted octanol–water partition coefficient (Wildman–Crippen LogP) is 3.59. The third kappa shape index (κ3) is 4.04. The maximum absolute atomic E-state index is 12.1. The smallest absolute Gasteiger partial charge is 0.251 e. The van der Waals surface area contributed by atoms with Gasteiger partial charge in [0, 0.05) is 23.6 Å². The number of nitrogens with zero attached hydrogens (tertiary/aromatic N) is 1. The van der Waals surface area contributed by atoms with Gasteiger partial charge in [-0.15, -0.1) is 0 Å². The van der Waals surface area contributed by atoms with Gasteiger partial charge in [0.1, 0.15) is 12.4 Å². The van der Waals surface area contributed by atoms with Gasteiger partial charge >= 0.3 is 0 Å². The zero-order valence-corrected chi connectivity index (χ0v) is 13.6. The molecule has 1 heterocycles. The summed E-state index contributed by atoms with van der Waals surface area (Å²) < 4.78 is 7.62. The van der Waals surface area contributed by atoms with E-state index in [-0.39, 0.29) is 5.91 Å². The number of hydrogen-bond donors (Lipinski definition) is 1. The standard InChI is InChI=1S/C20H20N2O2/c1-16-5-4-6-19(15-16)24-14-11-21-20(23)17-7-9-18(10-8-17)22-12-2-3-13-22/h2-10,12-13,15H,11,14H2,1H3,(H,21,23).